The Morgan fingerprint density at radius 1 is 1.08 bits per heavy atom. The maximum atomic E-state index is 11.9. The van der Waals surface area contributed by atoms with Gasteiger partial charge in [-0.15, -0.1) is 0 Å². The molecule has 4 nitrogen and oxygen atoms in total. The molecule has 1 aliphatic heterocycles. The van der Waals surface area contributed by atoms with E-state index >= 15 is 0 Å². The van der Waals surface area contributed by atoms with Crippen molar-refractivity contribution >= 4 is 11.8 Å². The highest BCUT2D eigenvalue weighted by Crippen LogP contribution is 2.32. The van der Waals surface area contributed by atoms with Crippen LogP contribution < -0.4 is 5.73 Å². The molecular weight excluding hydrogens is 324 g/mol. The number of aryl methyl sites for hydroxylation is 1. The van der Waals surface area contributed by atoms with Gasteiger partial charge in [-0.2, -0.15) is 0 Å². The summed E-state index contributed by atoms with van der Waals surface area (Å²) in [7, 11) is 0. The SMILES string of the molecule is N=C(N)c1ccc(CCCC[C@H]2C[C@H](c3ccccc3)CC(=O)O2)cc1. The third kappa shape index (κ3) is 4.94. The molecule has 4 heteroatoms. The van der Waals surface area contributed by atoms with Crippen molar-refractivity contribution in [3.8, 4) is 0 Å². The Kier molecular flexibility index (Phi) is 6.05. The van der Waals surface area contributed by atoms with Crippen molar-refractivity contribution in [1.29, 1.82) is 5.41 Å². The largest absolute Gasteiger partial charge is 0.462 e. The fourth-order valence-corrected chi connectivity index (χ4v) is 3.59. The van der Waals surface area contributed by atoms with Gasteiger partial charge < -0.3 is 10.5 Å². The summed E-state index contributed by atoms with van der Waals surface area (Å²) in [5.74, 6) is 0.306. The number of benzene rings is 2. The summed E-state index contributed by atoms with van der Waals surface area (Å²) in [6.45, 7) is 0. The molecule has 0 aromatic heterocycles. The van der Waals surface area contributed by atoms with Crippen LogP contribution in [0, 0.1) is 5.41 Å². The molecule has 2 atom stereocenters. The van der Waals surface area contributed by atoms with E-state index in [0.717, 1.165) is 37.7 Å². The zero-order valence-corrected chi connectivity index (χ0v) is 15.0. The number of hydrogen-bond donors (Lipinski definition) is 2. The molecule has 1 heterocycles. The lowest BCUT2D eigenvalue weighted by Crippen LogP contribution is -2.28. The van der Waals surface area contributed by atoms with Crippen molar-refractivity contribution in [2.75, 3.05) is 0 Å². The molecule has 0 bridgehead atoms. The third-order valence-electron chi connectivity index (χ3n) is 5.04. The zero-order chi connectivity index (χ0) is 18.4. The van der Waals surface area contributed by atoms with Gasteiger partial charge in [-0.1, -0.05) is 54.6 Å². The molecule has 0 unspecified atom stereocenters. The van der Waals surface area contributed by atoms with Crippen molar-refractivity contribution in [2.24, 2.45) is 5.73 Å². The maximum absolute atomic E-state index is 11.9. The Balaban J connectivity index is 1.45. The van der Waals surface area contributed by atoms with Crippen molar-refractivity contribution in [3.63, 3.8) is 0 Å². The number of carbonyl (C=O) groups excluding carboxylic acids is 1. The van der Waals surface area contributed by atoms with Gasteiger partial charge in [-0.3, -0.25) is 10.2 Å². The van der Waals surface area contributed by atoms with Gasteiger partial charge in [0.25, 0.3) is 0 Å². The zero-order valence-electron chi connectivity index (χ0n) is 15.0. The molecule has 0 saturated carbocycles. The number of carbonyl (C=O) groups is 1. The molecule has 26 heavy (non-hydrogen) atoms. The predicted molar refractivity (Wildman–Crippen MR) is 103 cm³/mol. The Bertz CT molecular complexity index is 740. The molecule has 0 aliphatic carbocycles. The van der Waals surface area contributed by atoms with Crippen LogP contribution in [0.15, 0.2) is 54.6 Å². The second kappa shape index (κ2) is 8.65. The van der Waals surface area contributed by atoms with Crippen LogP contribution in [0.1, 0.15) is 54.7 Å². The Morgan fingerprint density at radius 2 is 1.81 bits per heavy atom. The van der Waals surface area contributed by atoms with Crippen LogP contribution in [0.25, 0.3) is 0 Å². The van der Waals surface area contributed by atoms with Gasteiger partial charge >= 0.3 is 5.97 Å². The summed E-state index contributed by atoms with van der Waals surface area (Å²) in [5.41, 5.74) is 8.72. The highest BCUT2D eigenvalue weighted by Gasteiger charge is 2.29. The van der Waals surface area contributed by atoms with E-state index in [-0.39, 0.29) is 23.8 Å². The average Bonchev–Trinajstić information content (AvgIpc) is 2.66. The first-order chi connectivity index (χ1) is 12.6. The van der Waals surface area contributed by atoms with Crippen LogP contribution >= 0.6 is 0 Å². The highest BCUT2D eigenvalue weighted by molar-refractivity contribution is 5.94. The molecule has 1 fully saturated rings. The van der Waals surface area contributed by atoms with Crippen LogP contribution in [-0.4, -0.2) is 17.9 Å². The minimum absolute atomic E-state index is 0.0292. The first-order valence-corrected chi connectivity index (χ1v) is 9.29. The van der Waals surface area contributed by atoms with Crippen molar-refractivity contribution in [3.05, 3.63) is 71.3 Å². The van der Waals surface area contributed by atoms with Gasteiger partial charge in [0.05, 0.1) is 6.42 Å². The number of amidine groups is 1. The second-order valence-corrected chi connectivity index (χ2v) is 7.02. The van der Waals surface area contributed by atoms with E-state index in [2.05, 4.69) is 12.1 Å². The number of ether oxygens (including phenoxy) is 1. The number of cyclic esters (lactones) is 1. The lowest BCUT2D eigenvalue weighted by molar-refractivity contribution is -0.155. The number of nitrogen functional groups attached to an aromatic ring is 1. The summed E-state index contributed by atoms with van der Waals surface area (Å²) < 4.78 is 5.56. The molecule has 0 radical (unpaired) electrons. The molecule has 0 amide bonds. The first-order valence-electron chi connectivity index (χ1n) is 9.29. The minimum Gasteiger partial charge on any atom is -0.462 e. The molecule has 1 saturated heterocycles. The summed E-state index contributed by atoms with van der Waals surface area (Å²) in [6.07, 6.45) is 5.44. The fourth-order valence-electron chi connectivity index (χ4n) is 3.59. The minimum atomic E-state index is -0.0741. The lowest BCUT2D eigenvalue weighted by atomic mass is 9.87. The second-order valence-electron chi connectivity index (χ2n) is 7.02. The Labute approximate surface area is 154 Å². The van der Waals surface area contributed by atoms with E-state index in [4.69, 9.17) is 15.9 Å². The van der Waals surface area contributed by atoms with E-state index in [9.17, 15) is 4.79 Å². The molecule has 136 valence electrons. The van der Waals surface area contributed by atoms with Crippen LogP contribution in [0.4, 0.5) is 0 Å². The Hall–Kier alpha value is -2.62. The van der Waals surface area contributed by atoms with Gasteiger partial charge in [-0.05, 0) is 49.1 Å². The molecule has 2 aromatic rings. The molecule has 3 rings (SSSR count). The number of hydrogen-bond acceptors (Lipinski definition) is 3. The van der Waals surface area contributed by atoms with E-state index in [0.29, 0.717) is 6.42 Å². The van der Waals surface area contributed by atoms with Gasteiger partial charge in [0, 0.05) is 5.56 Å². The smallest absolute Gasteiger partial charge is 0.306 e. The topological polar surface area (TPSA) is 76.2 Å². The summed E-state index contributed by atoms with van der Waals surface area (Å²) in [4.78, 5) is 11.9. The molecule has 2 aromatic carbocycles. The third-order valence-corrected chi connectivity index (χ3v) is 5.04. The standard InChI is InChI=1S/C22H26N2O2/c23-22(24)18-12-10-16(11-13-18)6-4-5-9-20-14-19(15-21(25)26-20)17-7-2-1-3-8-17/h1-3,7-8,10-13,19-20H,4-6,9,14-15H2,(H3,23,24)/t19-,20-/m0/s1. The number of rotatable bonds is 7. The average molecular weight is 350 g/mol. The van der Waals surface area contributed by atoms with Gasteiger partial charge in [0.1, 0.15) is 11.9 Å². The monoisotopic (exact) mass is 350 g/mol. The summed E-state index contributed by atoms with van der Waals surface area (Å²) in [5, 5.41) is 7.42. The number of unbranched alkanes of at least 4 members (excludes halogenated alkanes) is 1. The van der Waals surface area contributed by atoms with Crippen molar-refractivity contribution in [2.45, 2.75) is 50.5 Å². The van der Waals surface area contributed by atoms with Gasteiger partial charge in [0.2, 0.25) is 0 Å². The normalized spacial score (nSPS) is 19.8. The maximum Gasteiger partial charge on any atom is 0.306 e. The van der Waals surface area contributed by atoms with Gasteiger partial charge in [-0.25, -0.2) is 0 Å². The summed E-state index contributed by atoms with van der Waals surface area (Å²) in [6, 6.07) is 18.1. The Morgan fingerprint density at radius 3 is 2.50 bits per heavy atom. The van der Waals surface area contributed by atoms with Crippen molar-refractivity contribution in [1.82, 2.24) is 0 Å². The van der Waals surface area contributed by atoms with Gasteiger partial charge in [0.15, 0.2) is 0 Å². The van der Waals surface area contributed by atoms with E-state index in [1.807, 2.05) is 42.5 Å². The van der Waals surface area contributed by atoms with Crippen LogP contribution in [0.2, 0.25) is 0 Å². The van der Waals surface area contributed by atoms with Crippen LogP contribution in [0.3, 0.4) is 0 Å². The highest BCUT2D eigenvalue weighted by atomic mass is 16.5. The number of nitrogens with one attached hydrogen (secondary N) is 1. The van der Waals surface area contributed by atoms with E-state index < -0.39 is 0 Å². The fraction of sp³-hybridized carbons (Fsp3) is 0.364. The number of nitrogens with two attached hydrogens (primary N) is 1. The predicted octanol–water partition coefficient (Wildman–Crippen LogP) is 4.17. The number of esters is 1. The molecule has 1 aliphatic rings. The lowest BCUT2D eigenvalue weighted by Gasteiger charge is -2.29. The van der Waals surface area contributed by atoms with Crippen LogP contribution in [-0.2, 0) is 16.0 Å². The molecule has 3 N–H and O–H groups in total. The van der Waals surface area contributed by atoms with E-state index in [1.54, 1.807) is 0 Å². The quantitative estimate of drug-likeness (QED) is 0.340. The molecular formula is C22H26N2O2. The van der Waals surface area contributed by atoms with E-state index in [1.165, 1.54) is 11.1 Å². The first kappa shape index (κ1) is 18.2. The molecule has 0 spiro atoms. The van der Waals surface area contributed by atoms with Crippen LogP contribution in [0.5, 0.6) is 0 Å². The summed E-state index contributed by atoms with van der Waals surface area (Å²) >= 11 is 0. The van der Waals surface area contributed by atoms with Crippen molar-refractivity contribution < 1.29 is 9.53 Å².